The molecule has 3 nitrogen and oxygen atoms in total. The van der Waals surface area contributed by atoms with Crippen molar-refractivity contribution in [3.8, 4) is 0 Å². The van der Waals surface area contributed by atoms with E-state index in [2.05, 4.69) is 15.3 Å². The van der Waals surface area contributed by atoms with Crippen molar-refractivity contribution in [1.29, 1.82) is 0 Å². The molecular weight excluding hydrogens is 257 g/mol. The molecular formula is C12H11Cl2N3. The molecule has 0 saturated carbocycles. The molecule has 0 aliphatic carbocycles. The van der Waals surface area contributed by atoms with Crippen molar-refractivity contribution in [2.75, 3.05) is 5.32 Å². The third-order valence-corrected chi connectivity index (χ3v) is 3.17. The third-order valence-electron chi connectivity index (χ3n) is 2.35. The average Bonchev–Trinajstić information content (AvgIpc) is 2.36. The monoisotopic (exact) mass is 267 g/mol. The number of rotatable bonds is 3. The van der Waals surface area contributed by atoms with Crippen LogP contribution in [0.15, 0.2) is 36.8 Å². The van der Waals surface area contributed by atoms with Crippen molar-refractivity contribution in [2.45, 2.75) is 13.0 Å². The second kappa shape index (κ2) is 5.34. The number of hydrogen-bond donors (Lipinski definition) is 1. The van der Waals surface area contributed by atoms with Crippen LogP contribution in [0.1, 0.15) is 18.7 Å². The fourth-order valence-electron chi connectivity index (χ4n) is 1.46. The molecule has 0 fully saturated rings. The van der Waals surface area contributed by atoms with E-state index in [0.29, 0.717) is 10.0 Å². The van der Waals surface area contributed by atoms with E-state index in [1.807, 2.05) is 19.1 Å². The number of nitrogens with zero attached hydrogens (tertiary/aromatic N) is 2. The van der Waals surface area contributed by atoms with Gasteiger partial charge in [-0.25, -0.2) is 0 Å². The zero-order valence-corrected chi connectivity index (χ0v) is 10.7. The normalized spacial score (nSPS) is 12.2. The minimum atomic E-state index is 0.0136. The largest absolute Gasteiger partial charge is 0.376 e. The molecule has 1 N–H and O–H groups in total. The molecule has 1 aromatic carbocycles. The average molecular weight is 268 g/mol. The molecule has 1 heterocycles. The van der Waals surface area contributed by atoms with Crippen molar-refractivity contribution in [2.24, 2.45) is 0 Å². The second-order valence-electron chi connectivity index (χ2n) is 3.60. The molecule has 1 aromatic heterocycles. The van der Waals surface area contributed by atoms with Crippen LogP contribution in [0.4, 0.5) is 5.69 Å². The van der Waals surface area contributed by atoms with E-state index in [-0.39, 0.29) is 6.04 Å². The zero-order valence-electron chi connectivity index (χ0n) is 9.19. The first-order valence-electron chi connectivity index (χ1n) is 5.15. The highest BCUT2D eigenvalue weighted by molar-refractivity contribution is 6.43. The van der Waals surface area contributed by atoms with Gasteiger partial charge in [-0.15, -0.1) is 0 Å². The lowest BCUT2D eigenvalue weighted by Crippen LogP contribution is -2.09. The van der Waals surface area contributed by atoms with Gasteiger partial charge < -0.3 is 5.32 Å². The highest BCUT2D eigenvalue weighted by atomic mass is 35.5. The minimum absolute atomic E-state index is 0.0136. The van der Waals surface area contributed by atoms with Gasteiger partial charge >= 0.3 is 0 Å². The van der Waals surface area contributed by atoms with E-state index >= 15 is 0 Å². The minimum Gasteiger partial charge on any atom is -0.376 e. The molecule has 1 unspecified atom stereocenters. The summed E-state index contributed by atoms with van der Waals surface area (Å²) in [7, 11) is 0. The summed E-state index contributed by atoms with van der Waals surface area (Å²) in [5, 5.41) is 4.30. The van der Waals surface area contributed by atoms with Crippen molar-refractivity contribution < 1.29 is 0 Å². The van der Waals surface area contributed by atoms with Crippen molar-refractivity contribution in [3.05, 3.63) is 52.5 Å². The molecule has 88 valence electrons. The Morgan fingerprint density at radius 2 is 2.06 bits per heavy atom. The lowest BCUT2D eigenvalue weighted by atomic mass is 10.2. The first-order valence-corrected chi connectivity index (χ1v) is 5.90. The van der Waals surface area contributed by atoms with Gasteiger partial charge in [-0.05, 0) is 19.1 Å². The van der Waals surface area contributed by atoms with Gasteiger partial charge in [0.1, 0.15) is 0 Å². The Hall–Kier alpha value is -1.32. The molecule has 0 saturated heterocycles. The van der Waals surface area contributed by atoms with Crippen molar-refractivity contribution >= 4 is 28.9 Å². The highest BCUT2D eigenvalue weighted by Gasteiger charge is 2.10. The van der Waals surface area contributed by atoms with Gasteiger partial charge in [0.05, 0.1) is 33.7 Å². The summed E-state index contributed by atoms with van der Waals surface area (Å²) in [4.78, 5) is 8.25. The van der Waals surface area contributed by atoms with Crippen LogP contribution in [0.2, 0.25) is 10.0 Å². The van der Waals surface area contributed by atoms with E-state index < -0.39 is 0 Å². The van der Waals surface area contributed by atoms with Crippen LogP contribution in [-0.4, -0.2) is 9.97 Å². The smallest absolute Gasteiger partial charge is 0.0823 e. The van der Waals surface area contributed by atoms with Gasteiger partial charge in [-0.3, -0.25) is 9.97 Å². The predicted octanol–water partition coefficient (Wildman–Crippen LogP) is 3.96. The highest BCUT2D eigenvalue weighted by Crippen LogP contribution is 2.31. The maximum Gasteiger partial charge on any atom is 0.0823 e. The summed E-state index contributed by atoms with van der Waals surface area (Å²) in [5.74, 6) is 0. The number of benzene rings is 1. The van der Waals surface area contributed by atoms with Gasteiger partial charge in [-0.1, -0.05) is 29.3 Å². The Balaban J connectivity index is 2.19. The molecule has 17 heavy (non-hydrogen) atoms. The summed E-state index contributed by atoms with van der Waals surface area (Å²) >= 11 is 12.0. The summed E-state index contributed by atoms with van der Waals surface area (Å²) in [6.07, 6.45) is 5.02. The van der Waals surface area contributed by atoms with Crippen LogP contribution in [0.3, 0.4) is 0 Å². The molecule has 0 aliphatic rings. The summed E-state index contributed by atoms with van der Waals surface area (Å²) in [6, 6.07) is 5.49. The molecule has 2 rings (SSSR count). The second-order valence-corrected chi connectivity index (χ2v) is 4.38. The lowest BCUT2D eigenvalue weighted by molar-refractivity contribution is 0.827. The van der Waals surface area contributed by atoms with Gasteiger partial charge in [0, 0.05) is 12.4 Å². The van der Waals surface area contributed by atoms with Crippen molar-refractivity contribution in [1.82, 2.24) is 9.97 Å². The Labute approximate surface area is 110 Å². The van der Waals surface area contributed by atoms with Gasteiger partial charge in [-0.2, -0.15) is 0 Å². The van der Waals surface area contributed by atoms with Crippen LogP contribution in [-0.2, 0) is 0 Å². The molecule has 0 radical (unpaired) electrons. The fourth-order valence-corrected chi connectivity index (χ4v) is 1.81. The number of halogens is 2. The first-order chi connectivity index (χ1) is 8.18. The number of anilines is 1. The Bertz CT molecular complexity index is 502. The van der Waals surface area contributed by atoms with Gasteiger partial charge in [0.25, 0.3) is 0 Å². The molecule has 0 spiro atoms. The van der Waals surface area contributed by atoms with Crippen LogP contribution in [0, 0.1) is 0 Å². The van der Waals surface area contributed by atoms with Crippen LogP contribution in [0.5, 0.6) is 0 Å². The SMILES string of the molecule is CC(Nc1cccc(Cl)c1Cl)c1cnccn1. The first kappa shape index (κ1) is 12.1. The Morgan fingerprint density at radius 1 is 1.24 bits per heavy atom. The number of hydrogen-bond acceptors (Lipinski definition) is 3. The topological polar surface area (TPSA) is 37.8 Å². The van der Waals surface area contributed by atoms with Crippen LogP contribution < -0.4 is 5.32 Å². The molecule has 5 heteroatoms. The lowest BCUT2D eigenvalue weighted by Gasteiger charge is -2.15. The molecule has 0 amide bonds. The molecule has 2 aromatic rings. The summed E-state index contributed by atoms with van der Waals surface area (Å²) < 4.78 is 0. The number of nitrogens with one attached hydrogen (secondary N) is 1. The van der Waals surface area contributed by atoms with E-state index in [4.69, 9.17) is 23.2 Å². The van der Waals surface area contributed by atoms with Gasteiger partial charge in [0.15, 0.2) is 0 Å². The zero-order chi connectivity index (χ0) is 12.3. The fraction of sp³-hybridized carbons (Fsp3) is 0.167. The number of aromatic nitrogens is 2. The van der Waals surface area contributed by atoms with Crippen LogP contribution >= 0.6 is 23.2 Å². The standard InChI is InChI=1S/C12H11Cl2N3/c1-8(11-7-15-5-6-16-11)17-10-4-2-3-9(13)12(10)14/h2-8,17H,1H3. The Kier molecular flexibility index (Phi) is 3.82. The van der Waals surface area contributed by atoms with E-state index in [1.54, 1.807) is 24.7 Å². The van der Waals surface area contributed by atoms with E-state index in [0.717, 1.165) is 11.4 Å². The maximum atomic E-state index is 6.09. The predicted molar refractivity (Wildman–Crippen MR) is 70.5 cm³/mol. The van der Waals surface area contributed by atoms with E-state index in [1.165, 1.54) is 0 Å². The Morgan fingerprint density at radius 3 is 2.76 bits per heavy atom. The molecule has 0 bridgehead atoms. The third kappa shape index (κ3) is 2.87. The van der Waals surface area contributed by atoms with Gasteiger partial charge in [0.2, 0.25) is 0 Å². The quantitative estimate of drug-likeness (QED) is 0.915. The molecule has 0 aliphatic heterocycles. The van der Waals surface area contributed by atoms with Crippen molar-refractivity contribution in [3.63, 3.8) is 0 Å². The summed E-state index contributed by atoms with van der Waals surface area (Å²) in [6.45, 7) is 1.99. The summed E-state index contributed by atoms with van der Waals surface area (Å²) in [5.41, 5.74) is 1.64. The maximum absolute atomic E-state index is 6.09. The molecule has 1 atom stereocenters. The van der Waals surface area contributed by atoms with Crippen LogP contribution in [0.25, 0.3) is 0 Å². The van der Waals surface area contributed by atoms with E-state index in [9.17, 15) is 0 Å².